The fraction of sp³-hybridized carbons (Fsp3) is 0.261. The number of carbonyl (C=O) groups excluding carboxylic acids is 1. The molecule has 1 atom stereocenters. The van der Waals surface area contributed by atoms with E-state index in [4.69, 9.17) is 18.9 Å². The van der Waals surface area contributed by atoms with E-state index < -0.39 is 6.10 Å². The minimum atomic E-state index is -0.641. The first-order valence-corrected chi connectivity index (χ1v) is 9.27. The molecule has 0 saturated carbocycles. The molecule has 0 heterocycles. The zero-order chi connectivity index (χ0) is 20.8. The van der Waals surface area contributed by atoms with Gasteiger partial charge in [0.1, 0.15) is 5.75 Å². The van der Waals surface area contributed by atoms with Crippen LogP contribution in [0.1, 0.15) is 12.5 Å². The Kier molecular flexibility index (Phi) is 6.44. The van der Waals surface area contributed by atoms with E-state index in [9.17, 15) is 4.79 Å². The maximum absolute atomic E-state index is 12.5. The van der Waals surface area contributed by atoms with Crippen molar-refractivity contribution in [1.29, 1.82) is 0 Å². The third-order valence-electron chi connectivity index (χ3n) is 4.59. The van der Waals surface area contributed by atoms with Crippen LogP contribution in [0, 0.1) is 0 Å². The number of amides is 1. The molecule has 0 spiro atoms. The summed E-state index contributed by atoms with van der Waals surface area (Å²) in [4.78, 5) is 12.5. The van der Waals surface area contributed by atoms with Gasteiger partial charge in [0.15, 0.2) is 17.6 Å². The molecule has 1 amide bonds. The third kappa shape index (κ3) is 4.71. The van der Waals surface area contributed by atoms with Gasteiger partial charge in [0.2, 0.25) is 5.75 Å². The number of carbonyl (C=O) groups is 1. The number of benzene rings is 3. The van der Waals surface area contributed by atoms with Crippen LogP contribution < -0.4 is 24.3 Å². The van der Waals surface area contributed by atoms with E-state index in [1.807, 2.05) is 42.5 Å². The lowest BCUT2D eigenvalue weighted by Crippen LogP contribution is -2.35. The summed E-state index contributed by atoms with van der Waals surface area (Å²) in [6.07, 6.45) is -0.641. The van der Waals surface area contributed by atoms with Gasteiger partial charge in [-0.1, -0.05) is 30.3 Å². The van der Waals surface area contributed by atoms with Crippen LogP contribution in [0.2, 0.25) is 0 Å². The summed E-state index contributed by atoms with van der Waals surface area (Å²) in [5, 5.41) is 5.07. The molecule has 0 aliphatic carbocycles. The SMILES string of the molecule is COc1cc(CNC(=O)C(C)Oc2ccc3ccccc3c2)cc(OC)c1OC. The van der Waals surface area contributed by atoms with Gasteiger partial charge in [-0.2, -0.15) is 0 Å². The Morgan fingerprint density at radius 1 is 0.897 bits per heavy atom. The largest absolute Gasteiger partial charge is 0.493 e. The van der Waals surface area contributed by atoms with Crippen LogP contribution in [0.3, 0.4) is 0 Å². The van der Waals surface area contributed by atoms with Gasteiger partial charge in [0, 0.05) is 6.54 Å². The van der Waals surface area contributed by atoms with Gasteiger partial charge < -0.3 is 24.3 Å². The van der Waals surface area contributed by atoms with E-state index in [0.29, 0.717) is 29.5 Å². The lowest BCUT2D eigenvalue weighted by atomic mass is 10.1. The molecule has 152 valence electrons. The Morgan fingerprint density at radius 2 is 1.55 bits per heavy atom. The fourth-order valence-corrected chi connectivity index (χ4v) is 3.07. The topological polar surface area (TPSA) is 66.0 Å². The van der Waals surface area contributed by atoms with Crippen molar-refractivity contribution >= 4 is 16.7 Å². The van der Waals surface area contributed by atoms with Gasteiger partial charge in [-0.15, -0.1) is 0 Å². The van der Waals surface area contributed by atoms with Gasteiger partial charge in [-0.05, 0) is 47.5 Å². The Hall–Kier alpha value is -3.41. The molecule has 6 nitrogen and oxygen atoms in total. The fourth-order valence-electron chi connectivity index (χ4n) is 3.07. The molecule has 0 bridgehead atoms. The van der Waals surface area contributed by atoms with Gasteiger partial charge in [0.05, 0.1) is 21.3 Å². The summed E-state index contributed by atoms with van der Waals surface area (Å²) in [7, 11) is 4.66. The van der Waals surface area contributed by atoms with Crippen LogP contribution >= 0.6 is 0 Å². The van der Waals surface area contributed by atoms with E-state index in [1.165, 1.54) is 0 Å². The van der Waals surface area contributed by atoms with Crippen molar-refractivity contribution in [3.63, 3.8) is 0 Å². The Bertz CT molecular complexity index is 976. The third-order valence-corrected chi connectivity index (χ3v) is 4.59. The number of fused-ring (bicyclic) bond motifs is 1. The number of rotatable bonds is 8. The van der Waals surface area contributed by atoms with E-state index in [1.54, 1.807) is 40.4 Å². The molecule has 1 unspecified atom stereocenters. The van der Waals surface area contributed by atoms with Crippen molar-refractivity contribution in [3.05, 3.63) is 60.2 Å². The summed E-state index contributed by atoms with van der Waals surface area (Å²) in [5.74, 6) is 2.03. The van der Waals surface area contributed by atoms with E-state index in [0.717, 1.165) is 16.3 Å². The molecule has 3 aromatic rings. The predicted octanol–water partition coefficient (Wildman–Crippen LogP) is 3.95. The Balaban J connectivity index is 1.65. The van der Waals surface area contributed by atoms with Crippen LogP contribution in [0.25, 0.3) is 10.8 Å². The first kappa shape index (κ1) is 20.3. The minimum absolute atomic E-state index is 0.216. The molecule has 6 heteroatoms. The molecule has 3 rings (SSSR count). The van der Waals surface area contributed by atoms with Crippen molar-refractivity contribution in [2.24, 2.45) is 0 Å². The van der Waals surface area contributed by atoms with Crippen molar-refractivity contribution in [1.82, 2.24) is 5.32 Å². The summed E-state index contributed by atoms with van der Waals surface area (Å²) in [6, 6.07) is 17.4. The first-order valence-electron chi connectivity index (χ1n) is 9.27. The number of hydrogen-bond donors (Lipinski definition) is 1. The minimum Gasteiger partial charge on any atom is -0.493 e. The van der Waals surface area contributed by atoms with Crippen LogP contribution in [-0.2, 0) is 11.3 Å². The van der Waals surface area contributed by atoms with E-state index in [-0.39, 0.29) is 5.91 Å². The standard InChI is InChI=1S/C23H25NO5/c1-15(29-19-10-9-17-7-5-6-8-18(17)13-19)23(25)24-14-16-11-20(26-2)22(28-4)21(12-16)27-3/h5-13,15H,14H2,1-4H3,(H,24,25). The van der Waals surface area contributed by atoms with Crippen LogP contribution in [0.5, 0.6) is 23.0 Å². The lowest BCUT2D eigenvalue weighted by molar-refractivity contribution is -0.127. The number of methoxy groups -OCH3 is 3. The van der Waals surface area contributed by atoms with Crippen LogP contribution in [-0.4, -0.2) is 33.3 Å². The summed E-state index contributed by atoms with van der Waals surface area (Å²) >= 11 is 0. The summed E-state index contributed by atoms with van der Waals surface area (Å²) in [6.45, 7) is 2.03. The van der Waals surface area contributed by atoms with Crippen molar-refractivity contribution in [3.8, 4) is 23.0 Å². The Morgan fingerprint density at radius 3 is 2.17 bits per heavy atom. The average molecular weight is 395 g/mol. The van der Waals surface area contributed by atoms with Crippen molar-refractivity contribution in [2.45, 2.75) is 19.6 Å². The predicted molar refractivity (Wildman–Crippen MR) is 112 cm³/mol. The molecular weight excluding hydrogens is 370 g/mol. The lowest BCUT2D eigenvalue weighted by Gasteiger charge is -2.17. The number of ether oxygens (including phenoxy) is 4. The number of hydrogen-bond acceptors (Lipinski definition) is 5. The zero-order valence-electron chi connectivity index (χ0n) is 17.0. The molecule has 29 heavy (non-hydrogen) atoms. The van der Waals surface area contributed by atoms with Crippen LogP contribution in [0.15, 0.2) is 54.6 Å². The molecule has 3 aromatic carbocycles. The molecular formula is C23H25NO5. The molecule has 0 fully saturated rings. The molecule has 0 radical (unpaired) electrons. The molecule has 0 aromatic heterocycles. The molecule has 0 aliphatic heterocycles. The van der Waals surface area contributed by atoms with E-state index >= 15 is 0 Å². The second kappa shape index (κ2) is 9.19. The molecule has 1 N–H and O–H groups in total. The van der Waals surface area contributed by atoms with Gasteiger partial charge in [-0.3, -0.25) is 4.79 Å². The monoisotopic (exact) mass is 395 g/mol. The highest BCUT2D eigenvalue weighted by molar-refractivity contribution is 5.84. The molecule has 0 aliphatic rings. The molecule has 0 saturated heterocycles. The average Bonchev–Trinajstić information content (AvgIpc) is 2.76. The Labute approximate surface area is 170 Å². The van der Waals surface area contributed by atoms with Crippen molar-refractivity contribution in [2.75, 3.05) is 21.3 Å². The second-order valence-electron chi connectivity index (χ2n) is 6.52. The summed E-state index contributed by atoms with van der Waals surface area (Å²) in [5.41, 5.74) is 0.825. The van der Waals surface area contributed by atoms with E-state index in [2.05, 4.69) is 5.32 Å². The van der Waals surface area contributed by atoms with Gasteiger partial charge >= 0.3 is 0 Å². The maximum atomic E-state index is 12.5. The second-order valence-corrected chi connectivity index (χ2v) is 6.52. The normalized spacial score (nSPS) is 11.6. The van der Waals surface area contributed by atoms with Crippen LogP contribution in [0.4, 0.5) is 0 Å². The first-order chi connectivity index (χ1) is 14.0. The highest BCUT2D eigenvalue weighted by Gasteiger charge is 2.17. The number of nitrogens with one attached hydrogen (secondary N) is 1. The summed E-state index contributed by atoms with van der Waals surface area (Å²) < 4.78 is 21.8. The van der Waals surface area contributed by atoms with Gasteiger partial charge in [-0.25, -0.2) is 0 Å². The van der Waals surface area contributed by atoms with Crippen molar-refractivity contribution < 1.29 is 23.7 Å². The van der Waals surface area contributed by atoms with Gasteiger partial charge in [0.25, 0.3) is 5.91 Å². The smallest absolute Gasteiger partial charge is 0.261 e. The highest BCUT2D eigenvalue weighted by Crippen LogP contribution is 2.38. The maximum Gasteiger partial charge on any atom is 0.261 e. The zero-order valence-corrected chi connectivity index (χ0v) is 17.0. The highest BCUT2D eigenvalue weighted by atomic mass is 16.5. The quantitative estimate of drug-likeness (QED) is 0.626.